The summed E-state index contributed by atoms with van der Waals surface area (Å²) in [7, 11) is 0. The van der Waals surface area contributed by atoms with Crippen LogP contribution < -0.4 is 10.6 Å². The molecule has 3 nitrogen and oxygen atoms in total. The second kappa shape index (κ2) is 3.53. The molecule has 1 aromatic heterocycles. The van der Waals surface area contributed by atoms with Gasteiger partial charge < -0.3 is 10.6 Å². The minimum Gasteiger partial charge on any atom is -0.382 e. The molecule has 0 saturated carbocycles. The van der Waals surface area contributed by atoms with E-state index in [0.29, 0.717) is 11.6 Å². The Balaban J connectivity index is 2.44. The van der Waals surface area contributed by atoms with E-state index in [0.717, 1.165) is 12.2 Å². The molecule has 0 spiro atoms. The van der Waals surface area contributed by atoms with Crippen LogP contribution in [0.25, 0.3) is 0 Å². The molecule has 1 aromatic rings. The summed E-state index contributed by atoms with van der Waals surface area (Å²) in [6, 6.07) is 0.356. The van der Waals surface area contributed by atoms with E-state index in [1.165, 1.54) is 6.20 Å². The monoisotopic (exact) mass is 195 g/mol. The Labute approximate surface area is 82.7 Å². The van der Waals surface area contributed by atoms with Gasteiger partial charge in [0.25, 0.3) is 0 Å². The van der Waals surface area contributed by atoms with Crippen LogP contribution in [0.2, 0.25) is 0 Å². The average molecular weight is 195 g/mol. The molecule has 0 unspecified atom stereocenters. The fourth-order valence-corrected chi connectivity index (χ4v) is 1.86. The molecule has 0 fully saturated rings. The Bertz CT molecular complexity index is 340. The fourth-order valence-electron chi connectivity index (χ4n) is 1.86. The molecule has 0 saturated heterocycles. The lowest BCUT2D eigenvalue weighted by atomic mass is 10.1. The van der Waals surface area contributed by atoms with E-state index in [9.17, 15) is 4.39 Å². The molecule has 0 aromatic carbocycles. The molecule has 2 N–H and O–H groups in total. The van der Waals surface area contributed by atoms with Crippen molar-refractivity contribution < 1.29 is 4.39 Å². The highest BCUT2D eigenvalue weighted by atomic mass is 19.1. The Morgan fingerprint density at radius 3 is 3.00 bits per heavy atom. The van der Waals surface area contributed by atoms with Crippen molar-refractivity contribution in [2.75, 3.05) is 11.9 Å². The van der Waals surface area contributed by atoms with Gasteiger partial charge in [0, 0.05) is 24.2 Å². The molecule has 2 heterocycles. The number of nitrogens with zero attached hydrogens (tertiary/aromatic N) is 1. The maximum atomic E-state index is 13.5. The highest BCUT2D eigenvalue weighted by Gasteiger charge is 2.21. The maximum Gasteiger partial charge on any atom is 0.148 e. The normalized spacial score (nSPS) is 26.2. The standard InChI is InChI=1S/C10H14FN3/c1-6-3-13-9-5-12-4-8(11)10(9)7(2)14-6/h4-7,13-14H,3H2,1-2H3/t6-,7+/m1/s1. The van der Waals surface area contributed by atoms with Gasteiger partial charge in [-0.3, -0.25) is 4.98 Å². The van der Waals surface area contributed by atoms with Crippen molar-refractivity contribution in [2.24, 2.45) is 0 Å². The Morgan fingerprint density at radius 1 is 1.43 bits per heavy atom. The van der Waals surface area contributed by atoms with E-state index in [1.807, 2.05) is 6.92 Å². The minimum atomic E-state index is -0.246. The van der Waals surface area contributed by atoms with Gasteiger partial charge in [0.05, 0.1) is 18.1 Å². The fraction of sp³-hybridized carbons (Fsp3) is 0.500. The van der Waals surface area contributed by atoms with E-state index in [1.54, 1.807) is 6.20 Å². The van der Waals surface area contributed by atoms with Crippen LogP contribution in [-0.4, -0.2) is 17.6 Å². The molecule has 76 valence electrons. The molecule has 2 rings (SSSR count). The van der Waals surface area contributed by atoms with Crippen LogP contribution in [0.5, 0.6) is 0 Å². The molecule has 0 amide bonds. The molecule has 0 radical (unpaired) electrons. The Kier molecular flexibility index (Phi) is 2.37. The van der Waals surface area contributed by atoms with E-state index >= 15 is 0 Å². The summed E-state index contributed by atoms with van der Waals surface area (Å²) in [5, 5.41) is 6.49. The van der Waals surface area contributed by atoms with E-state index in [-0.39, 0.29) is 11.9 Å². The largest absolute Gasteiger partial charge is 0.382 e. The van der Waals surface area contributed by atoms with Crippen molar-refractivity contribution in [2.45, 2.75) is 25.9 Å². The van der Waals surface area contributed by atoms with Crippen LogP contribution in [-0.2, 0) is 0 Å². The zero-order valence-electron chi connectivity index (χ0n) is 8.34. The van der Waals surface area contributed by atoms with Gasteiger partial charge in [0.1, 0.15) is 5.82 Å². The molecule has 4 heteroatoms. The second-order valence-corrected chi connectivity index (χ2v) is 3.75. The summed E-state index contributed by atoms with van der Waals surface area (Å²) >= 11 is 0. The molecule has 0 aliphatic carbocycles. The van der Waals surface area contributed by atoms with Crippen molar-refractivity contribution in [3.63, 3.8) is 0 Å². The molecule has 14 heavy (non-hydrogen) atoms. The molecule has 1 aliphatic heterocycles. The van der Waals surface area contributed by atoms with Gasteiger partial charge in [-0.05, 0) is 13.8 Å². The first kappa shape index (κ1) is 9.40. The molecule has 0 bridgehead atoms. The summed E-state index contributed by atoms with van der Waals surface area (Å²) in [5.41, 5.74) is 1.48. The van der Waals surface area contributed by atoms with Gasteiger partial charge in [-0.25, -0.2) is 4.39 Å². The number of aromatic nitrogens is 1. The number of pyridine rings is 1. The SMILES string of the molecule is C[C@@H]1CNc2cncc(F)c2[C@H](C)N1. The van der Waals surface area contributed by atoms with Gasteiger partial charge in [0.2, 0.25) is 0 Å². The van der Waals surface area contributed by atoms with E-state index in [4.69, 9.17) is 0 Å². The van der Waals surface area contributed by atoms with Gasteiger partial charge >= 0.3 is 0 Å². The lowest BCUT2D eigenvalue weighted by molar-refractivity contribution is 0.485. The first-order valence-electron chi connectivity index (χ1n) is 4.82. The van der Waals surface area contributed by atoms with Gasteiger partial charge in [-0.2, -0.15) is 0 Å². The second-order valence-electron chi connectivity index (χ2n) is 3.75. The highest BCUT2D eigenvalue weighted by Crippen LogP contribution is 2.26. The molecule has 1 aliphatic rings. The van der Waals surface area contributed by atoms with Crippen LogP contribution in [0.15, 0.2) is 12.4 Å². The minimum absolute atomic E-state index is 0.0259. The van der Waals surface area contributed by atoms with Crippen LogP contribution in [0, 0.1) is 5.82 Å². The topological polar surface area (TPSA) is 37.0 Å². The summed E-state index contributed by atoms with van der Waals surface area (Å²) in [6.45, 7) is 4.83. The number of hydrogen-bond acceptors (Lipinski definition) is 3. The lowest BCUT2D eigenvalue weighted by Crippen LogP contribution is -2.31. The van der Waals surface area contributed by atoms with Crippen LogP contribution in [0.3, 0.4) is 0 Å². The number of anilines is 1. The third-order valence-electron chi connectivity index (χ3n) is 2.51. The first-order chi connectivity index (χ1) is 6.68. The number of hydrogen-bond donors (Lipinski definition) is 2. The average Bonchev–Trinajstić information content (AvgIpc) is 2.27. The van der Waals surface area contributed by atoms with Crippen LogP contribution in [0.1, 0.15) is 25.5 Å². The van der Waals surface area contributed by atoms with Crippen molar-refractivity contribution in [1.29, 1.82) is 0 Å². The van der Waals surface area contributed by atoms with Crippen molar-refractivity contribution in [3.8, 4) is 0 Å². The molecule has 2 atom stereocenters. The summed E-state index contributed by atoms with van der Waals surface area (Å²) in [5.74, 6) is -0.246. The number of rotatable bonds is 0. The molecular formula is C10H14FN3. The number of fused-ring (bicyclic) bond motifs is 1. The van der Waals surface area contributed by atoms with Gasteiger partial charge in [-0.15, -0.1) is 0 Å². The van der Waals surface area contributed by atoms with Gasteiger partial charge in [0.15, 0.2) is 0 Å². The van der Waals surface area contributed by atoms with Crippen LogP contribution in [0.4, 0.5) is 10.1 Å². The first-order valence-corrected chi connectivity index (χ1v) is 4.82. The maximum absolute atomic E-state index is 13.5. The number of nitrogens with one attached hydrogen (secondary N) is 2. The van der Waals surface area contributed by atoms with E-state index < -0.39 is 0 Å². The Hall–Kier alpha value is -1.16. The van der Waals surface area contributed by atoms with Crippen LogP contribution >= 0.6 is 0 Å². The van der Waals surface area contributed by atoms with Gasteiger partial charge in [-0.1, -0.05) is 0 Å². The summed E-state index contributed by atoms with van der Waals surface area (Å²) in [4.78, 5) is 3.83. The predicted molar refractivity (Wildman–Crippen MR) is 53.7 cm³/mol. The van der Waals surface area contributed by atoms with Crippen molar-refractivity contribution in [3.05, 3.63) is 23.8 Å². The number of halogens is 1. The zero-order chi connectivity index (χ0) is 10.1. The van der Waals surface area contributed by atoms with Crippen molar-refractivity contribution in [1.82, 2.24) is 10.3 Å². The van der Waals surface area contributed by atoms with E-state index in [2.05, 4.69) is 22.5 Å². The Morgan fingerprint density at radius 2 is 2.21 bits per heavy atom. The third-order valence-corrected chi connectivity index (χ3v) is 2.51. The quantitative estimate of drug-likeness (QED) is 0.661. The zero-order valence-corrected chi connectivity index (χ0v) is 8.34. The summed E-state index contributed by atoms with van der Waals surface area (Å²) in [6.07, 6.45) is 2.93. The van der Waals surface area contributed by atoms with Crippen molar-refractivity contribution >= 4 is 5.69 Å². The predicted octanol–water partition coefficient (Wildman–Crippen LogP) is 1.69. The third kappa shape index (κ3) is 1.57. The smallest absolute Gasteiger partial charge is 0.148 e. The summed E-state index contributed by atoms with van der Waals surface area (Å²) < 4.78 is 13.5. The highest BCUT2D eigenvalue weighted by molar-refractivity contribution is 5.52. The lowest BCUT2D eigenvalue weighted by Gasteiger charge is -2.15. The molecular weight excluding hydrogens is 181 g/mol.